The minimum absolute atomic E-state index is 0.924. The highest BCUT2D eigenvalue weighted by atomic mass is 15.3. The Morgan fingerprint density at radius 1 is 0.250 bits per heavy atom. The van der Waals surface area contributed by atoms with E-state index in [9.17, 15) is 0 Å². The van der Waals surface area contributed by atoms with Crippen LogP contribution in [-0.4, -0.2) is 24.5 Å². The van der Waals surface area contributed by atoms with Gasteiger partial charge in [0.1, 0.15) is 0 Å². The Morgan fingerprint density at radius 3 is 1.07 bits per heavy atom. The van der Waals surface area contributed by atoms with E-state index in [1.165, 1.54) is 16.7 Å². The van der Waals surface area contributed by atoms with Crippen LogP contribution in [0.5, 0.6) is 0 Å². The molecule has 9 aromatic carbocycles. The molecule has 0 saturated heterocycles. The summed E-state index contributed by atoms with van der Waals surface area (Å²) in [7, 11) is 0. The van der Waals surface area contributed by atoms with E-state index in [1.54, 1.807) is 0 Å². The Labute approximate surface area is 420 Å². The molecular weight excluding hydrogens is 875 g/mol. The maximum Gasteiger partial charge on any atom is 0.0702 e. The van der Waals surface area contributed by atoms with E-state index in [0.717, 1.165) is 106 Å². The van der Waals surface area contributed by atoms with Crippen LogP contribution < -0.4 is 0 Å². The fourth-order valence-electron chi connectivity index (χ4n) is 10.1. The SMILES string of the molecule is Cc1c(-c2ccccc2-c2cc(-c3ccccc3-c3ccc(-c4cccc(-c5ccc(-c6ccccc6)cc5)c4)nc3)cc(-c3ccccc3-c3cnn(-c4ccccc4)c3C)c2)cnn1-c1ccccc1. The van der Waals surface area contributed by atoms with Crippen LogP contribution in [-0.2, 0) is 0 Å². The summed E-state index contributed by atoms with van der Waals surface area (Å²) in [4.78, 5) is 5.12. The standard InChI is InChI=1S/C67H49N5/c1-46-65(44-69-71(46)57-23-8-4-9-24-57)63-31-16-14-29-61(63)55-40-54(41-56(42-55)62-30-15-17-32-64(62)66-45-70-72(47(66)2)58-25-10-5-11-26-58)60-28-13-12-27-59(60)53-37-38-67(68-43-53)52-22-18-21-51(39-52)50-35-33-49(34-36-50)48-19-6-3-7-20-48/h3-45H,1-2H3. The van der Waals surface area contributed by atoms with Crippen LogP contribution in [0.2, 0.25) is 0 Å². The Balaban J connectivity index is 0.956. The molecule has 0 radical (unpaired) electrons. The first kappa shape index (κ1) is 43.8. The quantitative estimate of drug-likeness (QED) is 0.130. The molecular formula is C67H49N5. The molecule has 0 saturated carbocycles. The molecule has 0 bridgehead atoms. The Bertz CT molecular complexity index is 3710. The molecule has 12 aromatic rings. The molecule has 12 rings (SSSR count). The lowest BCUT2D eigenvalue weighted by molar-refractivity contribution is 0.847. The van der Waals surface area contributed by atoms with E-state index in [-0.39, 0.29) is 0 Å². The molecule has 72 heavy (non-hydrogen) atoms. The predicted octanol–water partition coefficient (Wildman–Crippen LogP) is 17.1. The topological polar surface area (TPSA) is 48.5 Å². The van der Waals surface area contributed by atoms with Gasteiger partial charge in [-0.15, -0.1) is 0 Å². The molecule has 5 heteroatoms. The maximum atomic E-state index is 5.12. The number of nitrogens with zero attached hydrogens (tertiary/aromatic N) is 5. The van der Waals surface area contributed by atoms with Gasteiger partial charge in [-0.2, -0.15) is 10.2 Å². The van der Waals surface area contributed by atoms with Gasteiger partial charge >= 0.3 is 0 Å². The Kier molecular flexibility index (Phi) is 11.7. The highest BCUT2D eigenvalue weighted by Gasteiger charge is 2.20. The second-order valence-corrected chi connectivity index (χ2v) is 18.2. The van der Waals surface area contributed by atoms with Crippen molar-refractivity contribution in [2.24, 2.45) is 0 Å². The lowest BCUT2D eigenvalue weighted by Crippen LogP contribution is -1.98. The molecule has 0 amide bonds. The highest BCUT2D eigenvalue weighted by molar-refractivity contribution is 5.94. The van der Waals surface area contributed by atoms with Crippen molar-refractivity contribution in [1.82, 2.24) is 24.5 Å². The van der Waals surface area contributed by atoms with Crippen molar-refractivity contribution in [2.75, 3.05) is 0 Å². The zero-order valence-corrected chi connectivity index (χ0v) is 40.1. The van der Waals surface area contributed by atoms with Gasteiger partial charge in [-0.25, -0.2) is 9.36 Å². The average Bonchev–Trinajstić information content (AvgIpc) is 4.05. The number of para-hydroxylation sites is 2. The number of rotatable bonds is 11. The van der Waals surface area contributed by atoms with Crippen LogP contribution in [0.1, 0.15) is 11.4 Å². The van der Waals surface area contributed by atoms with Crippen LogP contribution in [0, 0.1) is 13.8 Å². The lowest BCUT2D eigenvalue weighted by Gasteiger charge is -2.18. The van der Waals surface area contributed by atoms with Crippen molar-refractivity contribution in [2.45, 2.75) is 13.8 Å². The maximum absolute atomic E-state index is 5.12. The predicted molar refractivity (Wildman–Crippen MR) is 297 cm³/mol. The van der Waals surface area contributed by atoms with Crippen LogP contribution in [0.4, 0.5) is 0 Å². The fourth-order valence-corrected chi connectivity index (χ4v) is 10.1. The molecule has 0 atom stereocenters. The zero-order chi connectivity index (χ0) is 48.4. The molecule has 0 fully saturated rings. The largest absolute Gasteiger partial charge is 0.256 e. The summed E-state index contributed by atoms with van der Waals surface area (Å²) in [5.74, 6) is 0. The molecule has 0 aliphatic rings. The van der Waals surface area contributed by atoms with Gasteiger partial charge in [0.15, 0.2) is 0 Å². The third-order valence-electron chi connectivity index (χ3n) is 13.8. The van der Waals surface area contributed by atoms with E-state index in [2.05, 4.69) is 244 Å². The normalized spacial score (nSPS) is 11.2. The van der Waals surface area contributed by atoms with Gasteiger partial charge in [-0.05, 0) is 141 Å². The summed E-state index contributed by atoms with van der Waals surface area (Å²) in [6.45, 7) is 4.30. The van der Waals surface area contributed by atoms with E-state index in [0.29, 0.717) is 0 Å². The molecule has 3 aromatic heterocycles. The summed E-state index contributed by atoms with van der Waals surface area (Å²) in [6, 6.07) is 86.2. The summed E-state index contributed by atoms with van der Waals surface area (Å²) in [5.41, 5.74) is 24.2. The van der Waals surface area contributed by atoms with E-state index in [4.69, 9.17) is 15.2 Å². The highest BCUT2D eigenvalue weighted by Crippen LogP contribution is 2.43. The third-order valence-corrected chi connectivity index (χ3v) is 13.8. The second kappa shape index (κ2) is 19.2. The molecule has 342 valence electrons. The summed E-state index contributed by atoms with van der Waals surface area (Å²) >= 11 is 0. The van der Waals surface area contributed by atoms with Gasteiger partial charge in [-0.1, -0.05) is 188 Å². The monoisotopic (exact) mass is 923 g/mol. The van der Waals surface area contributed by atoms with Crippen LogP contribution in [0.3, 0.4) is 0 Å². The Hall–Kier alpha value is -9.45. The summed E-state index contributed by atoms with van der Waals surface area (Å²) in [5, 5.41) is 9.82. The second-order valence-electron chi connectivity index (χ2n) is 18.2. The number of pyridine rings is 1. The molecule has 0 aliphatic carbocycles. The summed E-state index contributed by atoms with van der Waals surface area (Å²) in [6.07, 6.45) is 6.02. The van der Waals surface area contributed by atoms with Crippen LogP contribution in [0.25, 0.3) is 112 Å². The summed E-state index contributed by atoms with van der Waals surface area (Å²) < 4.78 is 4.05. The van der Waals surface area contributed by atoms with Gasteiger partial charge in [-0.3, -0.25) is 4.98 Å². The van der Waals surface area contributed by atoms with E-state index >= 15 is 0 Å². The van der Waals surface area contributed by atoms with Crippen molar-refractivity contribution in [1.29, 1.82) is 0 Å². The molecule has 0 spiro atoms. The van der Waals surface area contributed by atoms with Gasteiger partial charge < -0.3 is 0 Å². The van der Waals surface area contributed by atoms with Crippen molar-refractivity contribution in [3.8, 4) is 112 Å². The van der Waals surface area contributed by atoms with Crippen molar-refractivity contribution >= 4 is 0 Å². The van der Waals surface area contributed by atoms with Crippen LogP contribution in [0.15, 0.2) is 261 Å². The van der Waals surface area contributed by atoms with Crippen molar-refractivity contribution in [3.05, 3.63) is 273 Å². The molecule has 0 N–H and O–H groups in total. The number of aromatic nitrogens is 5. The minimum Gasteiger partial charge on any atom is -0.256 e. The number of hydrogen-bond acceptors (Lipinski definition) is 3. The average molecular weight is 924 g/mol. The number of hydrogen-bond donors (Lipinski definition) is 0. The molecule has 0 unspecified atom stereocenters. The van der Waals surface area contributed by atoms with Crippen LogP contribution >= 0.6 is 0 Å². The lowest BCUT2D eigenvalue weighted by atomic mass is 9.86. The van der Waals surface area contributed by atoms with Gasteiger partial charge in [0.05, 0.1) is 29.5 Å². The van der Waals surface area contributed by atoms with E-state index < -0.39 is 0 Å². The fraction of sp³-hybridized carbons (Fsp3) is 0.0299. The number of benzene rings is 9. The first-order valence-electron chi connectivity index (χ1n) is 24.4. The smallest absolute Gasteiger partial charge is 0.0702 e. The minimum atomic E-state index is 0.924. The van der Waals surface area contributed by atoms with Gasteiger partial charge in [0.25, 0.3) is 0 Å². The van der Waals surface area contributed by atoms with E-state index in [1.807, 2.05) is 40.1 Å². The van der Waals surface area contributed by atoms with Gasteiger partial charge in [0, 0.05) is 39.8 Å². The third kappa shape index (κ3) is 8.43. The molecule has 3 heterocycles. The zero-order valence-electron chi connectivity index (χ0n) is 40.1. The first-order valence-corrected chi connectivity index (χ1v) is 24.4. The first-order chi connectivity index (χ1) is 35.5. The van der Waals surface area contributed by atoms with Gasteiger partial charge in [0.2, 0.25) is 0 Å². The van der Waals surface area contributed by atoms with Crippen molar-refractivity contribution < 1.29 is 0 Å². The molecule has 0 aliphatic heterocycles. The van der Waals surface area contributed by atoms with Crippen molar-refractivity contribution in [3.63, 3.8) is 0 Å². The molecule has 5 nitrogen and oxygen atoms in total. The Morgan fingerprint density at radius 2 is 0.597 bits per heavy atom.